The normalized spacial score (nSPS) is 27.4. The van der Waals surface area contributed by atoms with E-state index in [1.165, 1.54) is 6.07 Å². The Hall–Kier alpha value is -0.550. The zero-order valence-corrected chi connectivity index (χ0v) is 13.5. The maximum atomic E-state index is 13.5. The van der Waals surface area contributed by atoms with Crippen LogP contribution in [0.3, 0.4) is 0 Å². The fourth-order valence-electron chi connectivity index (χ4n) is 3.33. The second-order valence-electron chi connectivity index (χ2n) is 5.62. The van der Waals surface area contributed by atoms with Gasteiger partial charge in [-0.1, -0.05) is 23.2 Å². The number of nitrogens with two attached hydrogens (primary N) is 1. The summed E-state index contributed by atoms with van der Waals surface area (Å²) in [5.41, 5.74) is 6.22. The molecule has 3 nitrogen and oxygen atoms in total. The van der Waals surface area contributed by atoms with Crippen LogP contribution in [-0.4, -0.2) is 29.9 Å². The molecule has 1 heterocycles. The van der Waals surface area contributed by atoms with E-state index in [0.29, 0.717) is 24.9 Å². The summed E-state index contributed by atoms with van der Waals surface area (Å²) < 4.78 is 13.5. The van der Waals surface area contributed by atoms with Crippen LogP contribution in [0, 0.1) is 17.7 Å². The first kappa shape index (κ1) is 16.8. The highest BCUT2D eigenvalue weighted by molar-refractivity contribution is 6.36. The van der Waals surface area contributed by atoms with Gasteiger partial charge in [-0.05, 0) is 36.8 Å². The number of benzene rings is 1. The van der Waals surface area contributed by atoms with Gasteiger partial charge < -0.3 is 10.6 Å². The average molecular weight is 354 g/mol. The summed E-state index contributed by atoms with van der Waals surface area (Å²) in [5, 5.41) is 0.106. The van der Waals surface area contributed by atoms with Gasteiger partial charge in [0.2, 0.25) is 0 Å². The molecule has 1 saturated heterocycles. The Morgan fingerprint density at radius 1 is 1.24 bits per heavy atom. The Kier molecular flexibility index (Phi) is 5.03. The Morgan fingerprint density at radius 3 is 2.62 bits per heavy atom. The fraction of sp³-hybridized carbons (Fsp3) is 0.500. The minimum absolute atomic E-state index is 0. The zero-order valence-electron chi connectivity index (χ0n) is 11.2. The number of carbonyl (C=O) groups excluding carboxylic acids is 1. The molecule has 3 atom stereocenters. The van der Waals surface area contributed by atoms with Crippen LogP contribution >= 0.6 is 35.6 Å². The molecule has 0 bridgehead atoms. The smallest absolute Gasteiger partial charge is 0.255 e. The third kappa shape index (κ3) is 3.00. The molecular weight excluding hydrogens is 338 g/mol. The van der Waals surface area contributed by atoms with E-state index in [4.69, 9.17) is 28.9 Å². The van der Waals surface area contributed by atoms with Crippen LogP contribution in [0.15, 0.2) is 12.1 Å². The monoisotopic (exact) mass is 352 g/mol. The van der Waals surface area contributed by atoms with Crippen molar-refractivity contribution in [2.45, 2.75) is 18.9 Å². The van der Waals surface area contributed by atoms with Crippen molar-refractivity contribution >= 4 is 41.5 Å². The molecule has 1 aliphatic carbocycles. The maximum Gasteiger partial charge on any atom is 0.255 e. The Labute approximate surface area is 139 Å². The molecule has 0 aromatic heterocycles. The van der Waals surface area contributed by atoms with Crippen molar-refractivity contribution < 1.29 is 9.18 Å². The van der Waals surface area contributed by atoms with Gasteiger partial charge in [0, 0.05) is 19.1 Å². The van der Waals surface area contributed by atoms with E-state index in [1.807, 2.05) is 0 Å². The third-order valence-electron chi connectivity index (χ3n) is 4.44. The van der Waals surface area contributed by atoms with Crippen molar-refractivity contribution in [3.63, 3.8) is 0 Å². The zero-order chi connectivity index (χ0) is 14.4. The first-order valence-electron chi connectivity index (χ1n) is 6.66. The molecule has 0 spiro atoms. The number of rotatable bonds is 1. The Morgan fingerprint density at radius 2 is 1.95 bits per heavy atom. The second-order valence-corrected chi connectivity index (χ2v) is 6.44. The molecule has 3 unspecified atom stereocenters. The highest BCUT2D eigenvalue weighted by Crippen LogP contribution is 2.38. The van der Waals surface area contributed by atoms with Crippen LogP contribution in [0.2, 0.25) is 10.0 Å². The number of hydrogen-bond acceptors (Lipinski definition) is 2. The highest BCUT2D eigenvalue weighted by atomic mass is 35.5. The SMILES string of the molecule is Cl.NC1CCC2CN(C(=O)c3cc(F)c(Cl)cc3Cl)CC12. The minimum atomic E-state index is -0.629. The molecule has 3 rings (SSSR count). The van der Waals surface area contributed by atoms with E-state index in [1.54, 1.807) is 4.90 Å². The molecular formula is C14H16Cl3FN2O. The van der Waals surface area contributed by atoms with Gasteiger partial charge >= 0.3 is 0 Å². The van der Waals surface area contributed by atoms with E-state index in [2.05, 4.69) is 0 Å². The number of amides is 1. The largest absolute Gasteiger partial charge is 0.338 e. The molecule has 2 fully saturated rings. The van der Waals surface area contributed by atoms with Gasteiger partial charge in [0.1, 0.15) is 5.82 Å². The predicted molar refractivity (Wildman–Crippen MR) is 83.8 cm³/mol. The van der Waals surface area contributed by atoms with Crippen molar-refractivity contribution in [1.29, 1.82) is 0 Å². The van der Waals surface area contributed by atoms with E-state index in [0.717, 1.165) is 18.9 Å². The third-order valence-corrected chi connectivity index (χ3v) is 5.04. The maximum absolute atomic E-state index is 13.5. The number of likely N-dealkylation sites (tertiary alicyclic amines) is 1. The van der Waals surface area contributed by atoms with Crippen LogP contribution < -0.4 is 5.73 Å². The van der Waals surface area contributed by atoms with Gasteiger partial charge in [-0.15, -0.1) is 12.4 Å². The van der Waals surface area contributed by atoms with Gasteiger partial charge in [-0.3, -0.25) is 4.79 Å². The summed E-state index contributed by atoms with van der Waals surface area (Å²) in [6, 6.07) is 2.55. The lowest BCUT2D eigenvalue weighted by molar-refractivity contribution is 0.0779. The quantitative estimate of drug-likeness (QED) is 0.787. The summed E-state index contributed by atoms with van der Waals surface area (Å²) in [4.78, 5) is 14.2. The van der Waals surface area contributed by atoms with Gasteiger partial charge in [0.25, 0.3) is 5.91 Å². The average Bonchev–Trinajstić information content (AvgIpc) is 2.96. The molecule has 1 aliphatic heterocycles. The first-order chi connectivity index (χ1) is 9.47. The summed E-state index contributed by atoms with van der Waals surface area (Å²) in [5.74, 6) is -0.0533. The summed E-state index contributed by atoms with van der Waals surface area (Å²) >= 11 is 11.6. The molecule has 7 heteroatoms. The second kappa shape index (κ2) is 6.29. The van der Waals surface area contributed by atoms with Crippen LogP contribution in [0.25, 0.3) is 0 Å². The summed E-state index contributed by atoms with van der Waals surface area (Å²) in [6.07, 6.45) is 2.08. The van der Waals surface area contributed by atoms with Gasteiger partial charge in [0.05, 0.1) is 15.6 Å². The molecule has 1 aromatic carbocycles. The minimum Gasteiger partial charge on any atom is -0.338 e. The van der Waals surface area contributed by atoms with Crippen molar-refractivity contribution in [2.24, 2.45) is 17.6 Å². The molecule has 116 valence electrons. The van der Waals surface area contributed by atoms with Crippen LogP contribution in [-0.2, 0) is 0 Å². The fourth-order valence-corrected chi connectivity index (χ4v) is 3.79. The van der Waals surface area contributed by atoms with Crippen molar-refractivity contribution in [3.8, 4) is 0 Å². The van der Waals surface area contributed by atoms with Crippen molar-refractivity contribution in [2.75, 3.05) is 13.1 Å². The summed E-state index contributed by atoms with van der Waals surface area (Å²) in [7, 11) is 0. The standard InChI is InChI=1S/C14H15Cl2FN2O.ClH/c15-10-4-11(16)12(17)3-8(10)14(20)19-5-7-1-2-13(18)9(7)6-19;/h3-4,7,9,13H,1-2,5-6,18H2;1H. The Bertz CT molecular complexity index is 569. The van der Waals surface area contributed by atoms with Gasteiger partial charge in [-0.25, -0.2) is 4.39 Å². The summed E-state index contributed by atoms with van der Waals surface area (Å²) in [6.45, 7) is 1.31. The van der Waals surface area contributed by atoms with Crippen LogP contribution in [0.4, 0.5) is 4.39 Å². The predicted octanol–water partition coefficient (Wildman–Crippen LogP) is 3.36. The first-order valence-corrected chi connectivity index (χ1v) is 7.42. The number of nitrogens with zero attached hydrogens (tertiary/aromatic N) is 1. The number of hydrogen-bond donors (Lipinski definition) is 1. The lowest BCUT2D eigenvalue weighted by Gasteiger charge is -2.19. The van der Waals surface area contributed by atoms with E-state index >= 15 is 0 Å². The number of halogens is 4. The van der Waals surface area contributed by atoms with Crippen molar-refractivity contribution in [1.82, 2.24) is 4.90 Å². The molecule has 1 saturated carbocycles. The molecule has 2 aliphatic rings. The number of fused-ring (bicyclic) bond motifs is 1. The molecule has 0 radical (unpaired) electrons. The van der Waals surface area contributed by atoms with E-state index in [-0.39, 0.29) is 40.0 Å². The molecule has 2 N–H and O–H groups in total. The van der Waals surface area contributed by atoms with E-state index in [9.17, 15) is 9.18 Å². The van der Waals surface area contributed by atoms with E-state index < -0.39 is 5.82 Å². The Balaban J connectivity index is 0.00000161. The van der Waals surface area contributed by atoms with Crippen LogP contribution in [0.1, 0.15) is 23.2 Å². The van der Waals surface area contributed by atoms with Crippen LogP contribution in [0.5, 0.6) is 0 Å². The van der Waals surface area contributed by atoms with Gasteiger partial charge in [-0.2, -0.15) is 0 Å². The lowest BCUT2D eigenvalue weighted by Crippen LogP contribution is -2.33. The molecule has 1 aromatic rings. The molecule has 21 heavy (non-hydrogen) atoms. The lowest BCUT2D eigenvalue weighted by atomic mass is 9.98. The van der Waals surface area contributed by atoms with Crippen molar-refractivity contribution in [3.05, 3.63) is 33.6 Å². The van der Waals surface area contributed by atoms with Gasteiger partial charge in [0.15, 0.2) is 0 Å². The highest BCUT2D eigenvalue weighted by Gasteiger charge is 2.42. The molecule has 1 amide bonds. The topological polar surface area (TPSA) is 46.3 Å². The number of carbonyl (C=O) groups is 1.